The first-order valence-electron chi connectivity index (χ1n) is 10.7. The molecule has 0 aromatic heterocycles. The first-order valence-corrected chi connectivity index (χ1v) is 10.7. The van der Waals surface area contributed by atoms with Gasteiger partial charge in [-0.3, -0.25) is 4.79 Å². The normalized spacial score (nSPS) is 20.4. The van der Waals surface area contributed by atoms with Crippen molar-refractivity contribution in [3.05, 3.63) is 59.7 Å². The van der Waals surface area contributed by atoms with Crippen LogP contribution in [-0.2, 0) is 14.3 Å². The summed E-state index contributed by atoms with van der Waals surface area (Å²) in [5, 5.41) is 9.29. The quantitative estimate of drug-likeness (QED) is 0.756. The third-order valence-corrected chi connectivity index (χ3v) is 5.88. The number of hydrogen-bond donors (Lipinski definition) is 1. The second-order valence-corrected chi connectivity index (χ2v) is 9.30. The lowest BCUT2D eigenvalue weighted by Crippen LogP contribution is -2.38. The molecule has 6 heteroatoms. The molecular formula is C25H29NO5. The van der Waals surface area contributed by atoms with Crippen molar-refractivity contribution in [1.82, 2.24) is 4.90 Å². The van der Waals surface area contributed by atoms with Crippen molar-refractivity contribution in [3.63, 3.8) is 0 Å². The van der Waals surface area contributed by atoms with Gasteiger partial charge >= 0.3 is 12.1 Å². The summed E-state index contributed by atoms with van der Waals surface area (Å²) in [5.41, 5.74) is 4.27. The van der Waals surface area contributed by atoms with Gasteiger partial charge in [0.2, 0.25) is 0 Å². The standard InChI is InChI=1S/C25H29NO5/c1-25(2,3)31-17-12-16(13-23(27)28)26(14-17)24(29)30-15-22-20-10-6-4-8-18(20)19-9-5-7-11-21(19)22/h4-11,16-17,22H,12-15H2,1-3H3,(H,27,28)/t16-,17+/m0/s1. The predicted octanol–water partition coefficient (Wildman–Crippen LogP) is 4.67. The van der Waals surface area contributed by atoms with E-state index in [2.05, 4.69) is 24.3 Å². The third kappa shape index (κ3) is 4.59. The number of carbonyl (C=O) groups excluding carboxylic acids is 1. The Morgan fingerprint density at radius 3 is 2.16 bits per heavy atom. The van der Waals surface area contributed by atoms with Crippen molar-refractivity contribution in [1.29, 1.82) is 0 Å². The predicted molar refractivity (Wildman–Crippen MR) is 117 cm³/mol. The zero-order chi connectivity index (χ0) is 22.2. The minimum atomic E-state index is -0.933. The molecule has 6 nitrogen and oxygen atoms in total. The summed E-state index contributed by atoms with van der Waals surface area (Å²) in [4.78, 5) is 25.8. The number of carbonyl (C=O) groups is 2. The van der Waals surface area contributed by atoms with Gasteiger partial charge in [0.25, 0.3) is 0 Å². The van der Waals surface area contributed by atoms with Crippen LogP contribution in [0.5, 0.6) is 0 Å². The Hall–Kier alpha value is -2.86. The maximum absolute atomic E-state index is 13.0. The van der Waals surface area contributed by atoms with Crippen LogP contribution in [0.25, 0.3) is 11.1 Å². The van der Waals surface area contributed by atoms with E-state index in [1.54, 1.807) is 0 Å². The number of fused-ring (bicyclic) bond motifs is 3. The summed E-state index contributed by atoms with van der Waals surface area (Å²) in [6.45, 7) is 6.42. The lowest BCUT2D eigenvalue weighted by Gasteiger charge is -2.25. The molecule has 1 heterocycles. The Balaban J connectivity index is 1.48. The van der Waals surface area contributed by atoms with Crippen molar-refractivity contribution in [2.45, 2.75) is 57.3 Å². The Kier molecular flexibility index (Phi) is 5.75. The highest BCUT2D eigenvalue weighted by molar-refractivity contribution is 5.79. The molecule has 1 N–H and O–H groups in total. The van der Waals surface area contributed by atoms with Gasteiger partial charge in [0, 0.05) is 12.0 Å². The molecule has 1 aliphatic carbocycles. The summed E-state index contributed by atoms with van der Waals surface area (Å²) in [7, 11) is 0. The SMILES string of the molecule is CC(C)(C)O[C@@H]1C[C@@H](CC(=O)O)N(C(=O)OCC2c3ccccc3-c3ccccc32)C1. The van der Waals surface area contributed by atoms with Gasteiger partial charge in [-0.25, -0.2) is 4.79 Å². The highest BCUT2D eigenvalue weighted by Crippen LogP contribution is 2.44. The van der Waals surface area contributed by atoms with Crippen LogP contribution in [0.3, 0.4) is 0 Å². The molecule has 1 fully saturated rings. The molecule has 0 unspecified atom stereocenters. The number of hydrogen-bond acceptors (Lipinski definition) is 4. The van der Waals surface area contributed by atoms with E-state index in [1.165, 1.54) is 16.0 Å². The number of aliphatic carboxylic acids is 1. The van der Waals surface area contributed by atoms with Gasteiger partial charge < -0.3 is 19.5 Å². The topological polar surface area (TPSA) is 76.1 Å². The lowest BCUT2D eigenvalue weighted by molar-refractivity contribution is -0.138. The summed E-state index contributed by atoms with van der Waals surface area (Å²) in [5.74, 6) is -0.962. The van der Waals surface area contributed by atoms with Gasteiger partial charge in [-0.05, 0) is 49.4 Å². The minimum absolute atomic E-state index is 0.0292. The Morgan fingerprint density at radius 2 is 1.61 bits per heavy atom. The average molecular weight is 424 g/mol. The van der Waals surface area contributed by atoms with Gasteiger partial charge in [-0.2, -0.15) is 0 Å². The molecule has 1 aliphatic heterocycles. The van der Waals surface area contributed by atoms with E-state index in [1.807, 2.05) is 45.0 Å². The zero-order valence-electron chi connectivity index (χ0n) is 18.2. The highest BCUT2D eigenvalue weighted by atomic mass is 16.6. The molecule has 4 rings (SSSR count). The van der Waals surface area contributed by atoms with Crippen molar-refractivity contribution >= 4 is 12.1 Å². The summed E-state index contributed by atoms with van der Waals surface area (Å²) >= 11 is 0. The lowest BCUT2D eigenvalue weighted by atomic mass is 9.98. The largest absolute Gasteiger partial charge is 0.481 e. The summed E-state index contributed by atoms with van der Waals surface area (Å²) in [6, 6.07) is 15.9. The number of benzene rings is 2. The number of carboxylic acid groups (broad SMARTS) is 1. The van der Waals surface area contributed by atoms with Crippen LogP contribution in [0, 0.1) is 0 Å². The van der Waals surface area contributed by atoms with E-state index < -0.39 is 18.1 Å². The zero-order valence-corrected chi connectivity index (χ0v) is 18.2. The molecule has 164 valence electrons. The smallest absolute Gasteiger partial charge is 0.410 e. The third-order valence-electron chi connectivity index (χ3n) is 5.88. The van der Waals surface area contributed by atoms with Crippen molar-refractivity contribution in [2.75, 3.05) is 13.2 Å². The van der Waals surface area contributed by atoms with E-state index in [0.717, 1.165) is 11.1 Å². The van der Waals surface area contributed by atoms with Crippen molar-refractivity contribution in [2.24, 2.45) is 0 Å². The monoisotopic (exact) mass is 423 g/mol. The minimum Gasteiger partial charge on any atom is -0.481 e. The fourth-order valence-corrected chi connectivity index (χ4v) is 4.75. The molecule has 2 aliphatic rings. The summed E-state index contributed by atoms with van der Waals surface area (Å²) < 4.78 is 11.8. The molecular weight excluding hydrogens is 394 g/mol. The van der Waals surface area contributed by atoms with Gasteiger partial charge in [0.15, 0.2) is 0 Å². The van der Waals surface area contributed by atoms with Crippen LogP contribution < -0.4 is 0 Å². The van der Waals surface area contributed by atoms with E-state index >= 15 is 0 Å². The second-order valence-electron chi connectivity index (χ2n) is 9.30. The fraction of sp³-hybridized carbons (Fsp3) is 0.440. The molecule has 2 aromatic rings. The number of nitrogens with zero attached hydrogens (tertiary/aromatic N) is 1. The number of amides is 1. The first kappa shape index (κ1) is 21.4. The number of carboxylic acids is 1. The maximum Gasteiger partial charge on any atom is 0.410 e. The van der Waals surface area contributed by atoms with Gasteiger partial charge in [-0.15, -0.1) is 0 Å². The van der Waals surface area contributed by atoms with Crippen LogP contribution in [-0.4, -0.2) is 53.0 Å². The molecule has 0 radical (unpaired) electrons. The van der Waals surface area contributed by atoms with Crippen LogP contribution in [0.15, 0.2) is 48.5 Å². The Bertz CT molecular complexity index is 934. The Morgan fingerprint density at radius 1 is 1.03 bits per heavy atom. The van der Waals surface area contributed by atoms with Crippen LogP contribution in [0.2, 0.25) is 0 Å². The maximum atomic E-state index is 13.0. The number of rotatable bonds is 5. The fourth-order valence-electron chi connectivity index (χ4n) is 4.75. The van der Waals surface area contributed by atoms with Gasteiger partial charge in [-0.1, -0.05) is 48.5 Å². The Labute approximate surface area is 182 Å². The second kappa shape index (κ2) is 8.35. The number of ether oxygens (including phenoxy) is 2. The van der Waals surface area contributed by atoms with E-state index in [4.69, 9.17) is 9.47 Å². The molecule has 1 amide bonds. The molecule has 31 heavy (non-hydrogen) atoms. The van der Waals surface area contributed by atoms with Crippen molar-refractivity contribution in [3.8, 4) is 11.1 Å². The van der Waals surface area contributed by atoms with E-state index in [9.17, 15) is 14.7 Å². The average Bonchev–Trinajstić information content (AvgIpc) is 3.23. The molecule has 0 bridgehead atoms. The number of likely N-dealkylation sites (tertiary alicyclic amines) is 1. The summed E-state index contributed by atoms with van der Waals surface area (Å²) in [6.07, 6.45) is -0.306. The molecule has 0 spiro atoms. The highest BCUT2D eigenvalue weighted by Gasteiger charge is 2.40. The molecule has 2 atom stereocenters. The molecule has 1 saturated heterocycles. The van der Waals surface area contributed by atoms with E-state index in [-0.39, 0.29) is 30.7 Å². The van der Waals surface area contributed by atoms with Crippen LogP contribution >= 0.6 is 0 Å². The molecule has 0 saturated carbocycles. The van der Waals surface area contributed by atoms with Crippen LogP contribution in [0.1, 0.15) is 50.7 Å². The van der Waals surface area contributed by atoms with Crippen molar-refractivity contribution < 1.29 is 24.2 Å². The first-order chi connectivity index (χ1) is 14.7. The van der Waals surface area contributed by atoms with Crippen LogP contribution in [0.4, 0.5) is 4.79 Å². The molecule has 2 aromatic carbocycles. The van der Waals surface area contributed by atoms with Gasteiger partial charge in [0.05, 0.1) is 24.7 Å². The van der Waals surface area contributed by atoms with E-state index in [0.29, 0.717) is 13.0 Å². The van der Waals surface area contributed by atoms with Gasteiger partial charge in [0.1, 0.15) is 6.61 Å².